The molecule has 102 valence electrons. The highest BCUT2D eigenvalue weighted by molar-refractivity contribution is 6.31. The van der Waals surface area contributed by atoms with Crippen molar-refractivity contribution in [3.63, 3.8) is 0 Å². The van der Waals surface area contributed by atoms with E-state index in [-0.39, 0.29) is 12.2 Å². The maximum atomic E-state index is 13.6. The van der Waals surface area contributed by atoms with Crippen LogP contribution in [0.5, 0.6) is 0 Å². The van der Waals surface area contributed by atoms with Gasteiger partial charge < -0.3 is 15.2 Å². The average Bonchev–Trinajstić information content (AvgIpc) is 2.30. The highest BCUT2D eigenvalue weighted by atomic mass is 35.5. The van der Waals surface area contributed by atoms with Crippen LogP contribution in [0, 0.1) is 5.82 Å². The molecule has 0 amide bonds. The van der Waals surface area contributed by atoms with E-state index in [2.05, 4.69) is 5.32 Å². The van der Waals surface area contributed by atoms with Gasteiger partial charge >= 0.3 is 0 Å². The predicted molar refractivity (Wildman–Crippen MR) is 70.5 cm³/mol. The lowest BCUT2D eigenvalue weighted by molar-refractivity contribution is 0.0573. The van der Waals surface area contributed by atoms with Crippen molar-refractivity contribution >= 4 is 11.6 Å². The van der Waals surface area contributed by atoms with Crippen LogP contribution in [0.25, 0.3) is 0 Å². The molecule has 0 radical (unpaired) electrons. The Labute approximate surface area is 112 Å². The zero-order valence-corrected chi connectivity index (χ0v) is 11.4. The molecule has 0 aliphatic carbocycles. The van der Waals surface area contributed by atoms with Crippen LogP contribution in [0.4, 0.5) is 4.39 Å². The molecule has 2 N–H and O–H groups in total. The van der Waals surface area contributed by atoms with Gasteiger partial charge in [0.15, 0.2) is 0 Å². The van der Waals surface area contributed by atoms with E-state index in [4.69, 9.17) is 16.3 Å². The maximum Gasteiger partial charge on any atom is 0.127 e. The van der Waals surface area contributed by atoms with Crippen LogP contribution in [0.2, 0.25) is 5.02 Å². The first-order valence-corrected chi connectivity index (χ1v) is 6.19. The number of aliphatic hydroxyl groups is 1. The molecule has 1 rings (SSSR count). The van der Waals surface area contributed by atoms with Gasteiger partial charge in [0.25, 0.3) is 0 Å². The third-order valence-corrected chi connectivity index (χ3v) is 2.96. The predicted octanol–water partition coefficient (Wildman–Crippen LogP) is 2.01. The Hall–Kier alpha value is -0.680. The number of hydrogen-bond acceptors (Lipinski definition) is 3. The molecule has 1 atom stereocenters. The Balaban J connectivity index is 2.59. The van der Waals surface area contributed by atoms with Crippen LogP contribution in [-0.4, -0.2) is 37.5 Å². The molecule has 3 nitrogen and oxygen atoms in total. The molecule has 0 saturated heterocycles. The van der Waals surface area contributed by atoms with Crippen LogP contribution >= 0.6 is 11.6 Å². The van der Waals surface area contributed by atoms with Crippen molar-refractivity contribution in [1.82, 2.24) is 5.32 Å². The average molecular weight is 276 g/mol. The van der Waals surface area contributed by atoms with E-state index in [1.807, 2.05) is 0 Å². The number of ether oxygens (including phenoxy) is 1. The summed E-state index contributed by atoms with van der Waals surface area (Å²) in [4.78, 5) is 0. The smallest absolute Gasteiger partial charge is 0.127 e. The summed E-state index contributed by atoms with van der Waals surface area (Å²) >= 11 is 5.93. The Morgan fingerprint density at radius 1 is 1.50 bits per heavy atom. The van der Waals surface area contributed by atoms with Crippen LogP contribution in [-0.2, 0) is 11.2 Å². The zero-order chi connectivity index (χ0) is 13.6. The fourth-order valence-electron chi connectivity index (χ4n) is 1.68. The Bertz CT molecular complexity index is 365. The second kappa shape index (κ2) is 7.04. The number of methoxy groups -OCH3 is 1. The van der Waals surface area contributed by atoms with Crippen molar-refractivity contribution in [2.24, 2.45) is 0 Å². The van der Waals surface area contributed by atoms with Crippen molar-refractivity contribution in [1.29, 1.82) is 0 Å². The quantitative estimate of drug-likeness (QED) is 0.748. The van der Waals surface area contributed by atoms with Gasteiger partial charge in [0.1, 0.15) is 5.82 Å². The number of nitrogens with one attached hydrogen (secondary N) is 1. The van der Waals surface area contributed by atoms with E-state index >= 15 is 0 Å². The minimum absolute atomic E-state index is 0.165. The first kappa shape index (κ1) is 15.4. The standard InChI is InChI=1S/C13H19ClFNO2/c1-13(17,9-16-6-7-18-2)8-10-11(14)4-3-5-12(10)15/h3-5,16-17H,6-9H2,1-2H3. The number of benzene rings is 1. The molecule has 0 heterocycles. The lowest BCUT2D eigenvalue weighted by Gasteiger charge is -2.24. The molecular weight excluding hydrogens is 257 g/mol. The molecule has 18 heavy (non-hydrogen) atoms. The van der Waals surface area contributed by atoms with Gasteiger partial charge in [-0.05, 0) is 19.1 Å². The van der Waals surface area contributed by atoms with Gasteiger partial charge in [-0.3, -0.25) is 0 Å². The van der Waals surface area contributed by atoms with Gasteiger partial charge in [0, 0.05) is 37.2 Å². The highest BCUT2D eigenvalue weighted by Crippen LogP contribution is 2.23. The third-order valence-electron chi connectivity index (χ3n) is 2.61. The van der Waals surface area contributed by atoms with Crippen LogP contribution in [0.15, 0.2) is 18.2 Å². The molecule has 1 aromatic carbocycles. The second-order valence-electron chi connectivity index (χ2n) is 4.54. The van der Waals surface area contributed by atoms with Crippen molar-refractivity contribution < 1.29 is 14.2 Å². The van der Waals surface area contributed by atoms with Crippen LogP contribution < -0.4 is 5.32 Å². The summed E-state index contributed by atoms with van der Waals surface area (Å²) in [6.45, 7) is 3.20. The summed E-state index contributed by atoms with van der Waals surface area (Å²) in [5.74, 6) is -0.389. The number of rotatable bonds is 7. The fourth-order valence-corrected chi connectivity index (χ4v) is 1.91. The van der Waals surface area contributed by atoms with Gasteiger partial charge in [-0.2, -0.15) is 0 Å². The summed E-state index contributed by atoms with van der Waals surface area (Å²) in [7, 11) is 1.61. The largest absolute Gasteiger partial charge is 0.389 e. The summed E-state index contributed by atoms with van der Waals surface area (Å²) in [6, 6.07) is 4.51. The van der Waals surface area contributed by atoms with Crippen LogP contribution in [0.3, 0.4) is 0 Å². The summed E-state index contributed by atoms with van der Waals surface area (Å²) < 4.78 is 18.5. The van der Waals surface area contributed by atoms with E-state index < -0.39 is 5.60 Å². The molecule has 0 aromatic heterocycles. The van der Waals surface area contributed by atoms with Gasteiger partial charge in [-0.1, -0.05) is 17.7 Å². The SMILES string of the molecule is COCCNCC(C)(O)Cc1c(F)cccc1Cl. The van der Waals surface area contributed by atoms with E-state index in [9.17, 15) is 9.50 Å². The Morgan fingerprint density at radius 3 is 2.83 bits per heavy atom. The molecular formula is C13H19ClFNO2. The van der Waals surface area contributed by atoms with E-state index in [0.717, 1.165) is 0 Å². The summed E-state index contributed by atoms with van der Waals surface area (Å²) in [6.07, 6.45) is 0.165. The van der Waals surface area contributed by atoms with E-state index in [0.29, 0.717) is 30.3 Å². The van der Waals surface area contributed by atoms with Crippen molar-refractivity contribution in [2.75, 3.05) is 26.8 Å². The zero-order valence-electron chi connectivity index (χ0n) is 10.7. The minimum atomic E-state index is -1.06. The Morgan fingerprint density at radius 2 is 2.22 bits per heavy atom. The normalized spacial score (nSPS) is 14.5. The molecule has 0 bridgehead atoms. The molecule has 1 aromatic rings. The van der Waals surface area contributed by atoms with Crippen molar-refractivity contribution in [3.8, 4) is 0 Å². The number of hydrogen-bond donors (Lipinski definition) is 2. The molecule has 0 aliphatic heterocycles. The topological polar surface area (TPSA) is 41.5 Å². The first-order valence-electron chi connectivity index (χ1n) is 5.81. The second-order valence-corrected chi connectivity index (χ2v) is 4.95. The van der Waals surface area contributed by atoms with Crippen molar-refractivity contribution in [3.05, 3.63) is 34.6 Å². The molecule has 0 spiro atoms. The monoisotopic (exact) mass is 275 g/mol. The summed E-state index contributed by atoms with van der Waals surface area (Å²) in [5.41, 5.74) is -0.711. The first-order chi connectivity index (χ1) is 8.46. The van der Waals surface area contributed by atoms with E-state index in [1.54, 1.807) is 26.2 Å². The van der Waals surface area contributed by atoms with Crippen LogP contribution in [0.1, 0.15) is 12.5 Å². The lowest BCUT2D eigenvalue weighted by atomic mass is 9.96. The molecule has 0 fully saturated rings. The number of halogens is 2. The van der Waals surface area contributed by atoms with Crippen molar-refractivity contribution in [2.45, 2.75) is 18.9 Å². The fraction of sp³-hybridized carbons (Fsp3) is 0.538. The Kier molecular flexibility index (Phi) is 6.02. The molecule has 0 aliphatic rings. The molecule has 5 heteroatoms. The minimum Gasteiger partial charge on any atom is -0.389 e. The van der Waals surface area contributed by atoms with Gasteiger partial charge in [-0.15, -0.1) is 0 Å². The van der Waals surface area contributed by atoms with Gasteiger partial charge in [-0.25, -0.2) is 4.39 Å². The maximum absolute atomic E-state index is 13.6. The summed E-state index contributed by atoms with van der Waals surface area (Å²) in [5, 5.41) is 13.6. The molecule has 0 saturated carbocycles. The molecule has 1 unspecified atom stereocenters. The van der Waals surface area contributed by atoms with E-state index in [1.165, 1.54) is 6.07 Å². The lowest BCUT2D eigenvalue weighted by Crippen LogP contribution is -2.41. The van der Waals surface area contributed by atoms with Gasteiger partial charge in [0.2, 0.25) is 0 Å². The van der Waals surface area contributed by atoms with Gasteiger partial charge in [0.05, 0.1) is 12.2 Å². The highest BCUT2D eigenvalue weighted by Gasteiger charge is 2.23. The third kappa shape index (κ3) is 4.90.